The van der Waals surface area contributed by atoms with Crippen molar-refractivity contribution in [3.63, 3.8) is 0 Å². The predicted octanol–water partition coefficient (Wildman–Crippen LogP) is 1.61. The first-order valence-corrected chi connectivity index (χ1v) is 8.64. The van der Waals surface area contributed by atoms with Crippen molar-refractivity contribution in [1.82, 2.24) is 15.5 Å². The number of guanidine groups is 1. The first-order chi connectivity index (χ1) is 11.7. The Morgan fingerprint density at radius 1 is 1.08 bits per heavy atom. The smallest absolute Gasteiger partial charge is 0.191 e. The second kappa shape index (κ2) is 7.75. The van der Waals surface area contributed by atoms with E-state index in [0.717, 1.165) is 43.5 Å². The summed E-state index contributed by atoms with van der Waals surface area (Å²) in [5.74, 6) is 2.62. The van der Waals surface area contributed by atoms with Crippen LogP contribution in [0.4, 0.5) is 0 Å². The normalized spacial score (nSPS) is 21.6. The minimum absolute atomic E-state index is 0.447. The molecular weight excluding hydrogens is 304 g/mol. The number of nitrogens with one attached hydrogen (secondary N) is 2. The molecule has 0 radical (unpaired) electrons. The van der Waals surface area contributed by atoms with E-state index in [4.69, 9.17) is 9.47 Å². The second-order valence-corrected chi connectivity index (χ2v) is 6.58. The highest BCUT2D eigenvalue weighted by Gasteiger charge is 2.26. The molecule has 0 spiro atoms. The Balaban J connectivity index is 1.54. The van der Waals surface area contributed by atoms with Gasteiger partial charge in [0.1, 0.15) is 11.5 Å². The molecule has 2 aliphatic rings. The summed E-state index contributed by atoms with van der Waals surface area (Å²) < 4.78 is 10.7. The van der Waals surface area contributed by atoms with Gasteiger partial charge in [-0.1, -0.05) is 0 Å². The Morgan fingerprint density at radius 2 is 1.75 bits per heavy atom. The molecule has 0 bridgehead atoms. The molecule has 6 nitrogen and oxygen atoms in total. The number of likely N-dealkylation sites (tertiary alicyclic amines) is 1. The average Bonchev–Trinajstić information content (AvgIpc) is 3.32. The van der Waals surface area contributed by atoms with Crippen LogP contribution in [0.1, 0.15) is 24.8 Å². The lowest BCUT2D eigenvalue weighted by atomic mass is 10.2. The van der Waals surface area contributed by atoms with E-state index in [1.165, 1.54) is 18.4 Å². The van der Waals surface area contributed by atoms with Crippen molar-refractivity contribution in [3.8, 4) is 11.5 Å². The number of benzene rings is 1. The van der Waals surface area contributed by atoms with Gasteiger partial charge in [-0.15, -0.1) is 0 Å². The Labute approximate surface area is 144 Å². The molecule has 1 aliphatic heterocycles. The highest BCUT2D eigenvalue weighted by atomic mass is 16.5. The highest BCUT2D eigenvalue weighted by molar-refractivity contribution is 5.80. The van der Waals surface area contributed by atoms with Crippen LogP contribution in [-0.4, -0.2) is 57.3 Å². The standard InChI is InChI=1S/C18H28N4O2/c1-19-18(20-14-4-5-14)21-15-6-7-22(12-15)11-13-8-16(23-2)10-17(9-13)24-3/h8-10,14-15H,4-7,11-12H2,1-3H3,(H2,19,20,21). The molecule has 1 saturated carbocycles. The number of hydrogen-bond donors (Lipinski definition) is 2. The van der Waals surface area contributed by atoms with E-state index in [0.29, 0.717) is 12.1 Å². The van der Waals surface area contributed by atoms with Gasteiger partial charge in [-0.25, -0.2) is 0 Å². The number of ether oxygens (including phenoxy) is 2. The molecule has 3 rings (SSSR count). The quantitative estimate of drug-likeness (QED) is 0.612. The maximum atomic E-state index is 5.36. The van der Waals surface area contributed by atoms with Crippen LogP contribution >= 0.6 is 0 Å². The van der Waals surface area contributed by atoms with Gasteiger partial charge in [-0.05, 0) is 37.0 Å². The van der Waals surface area contributed by atoms with Crippen molar-refractivity contribution in [2.24, 2.45) is 4.99 Å². The van der Waals surface area contributed by atoms with Crippen LogP contribution in [0.15, 0.2) is 23.2 Å². The van der Waals surface area contributed by atoms with Crippen molar-refractivity contribution in [3.05, 3.63) is 23.8 Å². The first-order valence-electron chi connectivity index (χ1n) is 8.64. The number of hydrogen-bond acceptors (Lipinski definition) is 4. The van der Waals surface area contributed by atoms with Crippen molar-refractivity contribution in [1.29, 1.82) is 0 Å². The summed E-state index contributed by atoms with van der Waals surface area (Å²) in [7, 11) is 5.21. The molecule has 1 atom stereocenters. The summed E-state index contributed by atoms with van der Waals surface area (Å²) in [6.45, 7) is 3.00. The van der Waals surface area contributed by atoms with E-state index >= 15 is 0 Å². The Kier molecular flexibility index (Phi) is 5.45. The number of methoxy groups -OCH3 is 2. The van der Waals surface area contributed by atoms with E-state index in [-0.39, 0.29) is 0 Å². The Hall–Kier alpha value is -1.95. The van der Waals surface area contributed by atoms with Crippen molar-refractivity contribution < 1.29 is 9.47 Å². The summed E-state index contributed by atoms with van der Waals surface area (Å²) in [5.41, 5.74) is 1.22. The van der Waals surface area contributed by atoms with Gasteiger partial charge in [0.15, 0.2) is 5.96 Å². The maximum Gasteiger partial charge on any atom is 0.191 e. The fourth-order valence-corrected chi connectivity index (χ4v) is 3.10. The van der Waals surface area contributed by atoms with Crippen LogP contribution in [0.25, 0.3) is 0 Å². The number of aliphatic imine (C=N–C) groups is 1. The van der Waals surface area contributed by atoms with Crippen LogP contribution in [0, 0.1) is 0 Å². The SMILES string of the molecule is CN=C(NC1CC1)NC1CCN(Cc2cc(OC)cc(OC)c2)C1. The molecule has 132 valence electrons. The van der Waals surface area contributed by atoms with Gasteiger partial charge in [-0.3, -0.25) is 9.89 Å². The third kappa shape index (κ3) is 4.54. The fourth-order valence-electron chi connectivity index (χ4n) is 3.10. The molecule has 0 amide bonds. The van der Waals surface area contributed by atoms with Crippen molar-refractivity contribution in [2.75, 3.05) is 34.4 Å². The van der Waals surface area contributed by atoms with Crippen molar-refractivity contribution in [2.45, 2.75) is 37.9 Å². The molecule has 2 fully saturated rings. The lowest BCUT2D eigenvalue weighted by molar-refractivity contribution is 0.321. The highest BCUT2D eigenvalue weighted by Crippen LogP contribution is 2.24. The third-order valence-electron chi connectivity index (χ3n) is 4.57. The van der Waals surface area contributed by atoms with Gasteiger partial charge in [0.2, 0.25) is 0 Å². The molecule has 1 aliphatic carbocycles. The maximum absolute atomic E-state index is 5.36. The minimum Gasteiger partial charge on any atom is -0.497 e. The van der Waals surface area contributed by atoms with E-state index in [1.54, 1.807) is 14.2 Å². The fraction of sp³-hybridized carbons (Fsp3) is 0.611. The van der Waals surface area contributed by atoms with Crippen LogP contribution in [-0.2, 0) is 6.54 Å². The summed E-state index contributed by atoms with van der Waals surface area (Å²) in [6, 6.07) is 7.14. The zero-order valence-electron chi connectivity index (χ0n) is 14.8. The molecule has 1 saturated heterocycles. The minimum atomic E-state index is 0.447. The largest absolute Gasteiger partial charge is 0.497 e. The Bertz CT molecular complexity index is 564. The summed E-state index contributed by atoms with van der Waals surface area (Å²) in [4.78, 5) is 6.78. The third-order valence-corrected chi connectivity index (χ3v) is 4.57. The van der Waals surface area contributed by atoms with Crippen LogP contribution < -0.4 is 20.1 Å². The Morgan fingerprint density at radius 3 is 2.33 bits per heavy atom. The van der Waals surface area contributed by atoms with Crippen LogP contribution in [0.3, 0.4) is 0 Å². The molecule has 2 N–H and O–H groups in total. The molecule has 0 aromatic heterocycles. The van der Waals surface area contributed by atoms with Gasteiger partial charge in [0, 0.05) is 44.8 Å². The molecule has 1 heterocycles. The van der Waals surface area contributed by atoms with E-state index in [1.807, 2.05) is 13.1 Å². The molecule has 6 heteroatoms. The molecule has 24 heavy (non-hydrogen) atoms. The molecule has 1 aromatic rings. The predicted molar refractivity (Wildman–Crippen MR) is 95.9 cm³/mol. The number of nitrogens with zero attached hydrogens (tertiary/aromatic N) is 2. The number of rotatable bonds is 6. The average molecular weight is 332 g/mol. The summed E-state index contributed by atoms with van der Waals surface area (Å²) >= 11 is 0. The molecular formula is C18H28N4O2. The zero-order valence-corrected chi connectivity index (χ0v) is 14.8. The monoisotopic (exact) mass is 332 g/mol. The van der Waals surface area contributed by atoms with E-state index < -0.39 is 0 Å². The van der Waals surface area contributed by atoms with Gasteiger partial charge in [-0.2, -0.15) is 0 Å². The van der Waals surface area contributed by atoms with Gasteiger partial charge < -0.3 is 20.1 Å². The van der Waals surface area contributed by atoms with Crippen molar-refractivity contribution >= 4 is 5.96 Å². The first kappa shape index (κ1) is 16.9. The molecule has 1 aromatic carbocycles. The topological polar surface area (TPSA) is 58.1 Å². The second-order valence-electron chi connectivity index (χ2n) is 6.58. The van der Waals surface area contributed by atoms with Gasteiger partial charge in [0.05, 0.1) is 14.2 Å². The molecule has 1 unspecified atom stereocenters. The lowest BCUT2D eigenvalue weighted by Crippen LogP contribution is -2.45. The van der Waals surface area contributed by atoms with Gasteiger partial charge >= 0.3 is 0 Å². The summed E-state index contributed by atoms with van der Waals surface area (Å²) in [6.07, 6.45) is 3.65. The summed E-state index contributed by atoms with van der Waals surface area (Å²) in [5, 5.41) is 7.00. The van der Waals surface area contributed by atoms with Crippen LogP contribution in [0.2, 0.25) is 0 Å². The van der Waals surface area contributed by atoms with E-state index in [2.05, 4.69) is 32.7 Å². The zero-order chi connectivity index (χ0) is 16.9. The van der Waals surface area contributed by atoms with Gasteiger partial charge in [0.25, 0.3) is 0 Å². The lowest BCUT2D eigenvalue weighted by Gasteiger charge is -2.19. The van der Waals surface area contributed by atoms with Crippen LogP contribution in [0.5, 0.6) is 11.5 Å². The van der Waals surface area contributed by atoms with E-state index in [9.17, 15) is 0 Å².